The molecule has 0 bridgehead atoms. The highest BCUT2D eigenvalue weighted by Gasteiger charge is 1.99. The Labute approximate surface area is 141 Å². The first-order chi connectivity index (χ1) is 11.3. The number of hydrogen-bond acceptors (Lipinski definition) is 4. The van der Waals surface area contributed by atoms with E-state index in [1.54, 1.807) is 18.4 Å². The number of benzene rings is 1. The first-order valence-corrected chi connectivity index (χ1v) is 8.56. The molecule has 1 aromatic carbocycles. The minimum Gasteiger partial charge on any atom is -0.497 e. The number of ether oxygens (including phenoxy) is 2. The average molecular weight is 333 g/mol. The molecule has 0 aliphatic rings. The summed E-state index contributed by atoms with van der Waals surface area (Å²) in [4.78, 5) is 4.55. The zero-order valence-corrected chi connectivity index (χ0v) is 14.4. The smallest absolute Gasteiger partial charge is 0.191 e. The van der Waals surface area contributed by atoms with Crippen molar-refractivity contribution < 1.29 is 9.47 Å². The zero-order valence-electron chi connectivity index (χ0n) is 13.5. The van der Waals surface area contributed by atoms with Gasteiger partial charge in [-0.3, -0.25) is 0 Å². The van der Waals surface area contributed by atoms with Gasteiger partial charge < -0.3 is 20.1 Å². The lowest BCUT2D eigenvalue weighted by Gasteiger charge is -2.12. The van der Waals surface area contributed by atoms with Gasteiger partial charge in [-0.15, -0.1) is 0 Å². The molecule has 0 saturated heterocycles. The lowest BCUT2D eigenvalue weighted by Crippen LogP contribution is -2.39. The molecule has 2 rings (SSSR count). The maximum atomic E-state index is 5.69. The number of hydrogen-bond donors (Lipinski definition) is 2. The molecule has 0 aliphatic carbocycles. The van der Waals surface area contributed by atoms with Gasteiger partial charge >= 0.3 is 0 Å². The van der Waals surface area contributed by atoms with Gasteiger partial charge in [-0.2, -0.15) is 11.3 Å². The van der Waals surface area contributed by atoms with Gasteiger partial charge in [0.1, 0.15) is 18.1 Å². The Morgan fingerprint density at radius 3 is 2.57 bits per heavy atom. The molecule has 23 heavy (non-hydrogen) atoms. The van der Waals surface area contributed by atoms with Crippen molar-refractivity contribution in [1.82, 2.24) is 10.6 Å². The summed E-state index contributed by atoms with van der Waals surface area (Å²) in [5.41, 5.74) is 1.22. The fourth-order valence-corrected chi connectivity index (χ4v) is 2.56. The molecule has 2 N–H and O–H groups in total. The normalized spacial score (nSPS) is 11.1. The minimum atomic E-state index is 0.565. The number of nitrogens with one attached hydrogen (secondary N) is 2. The van der Waals surface area contributed by atoms with Crippen molar-refractivity contribution in [3.8, 4) is 11.5 Å². The highest BCUT2D eigenvalue weighted by atomic mass is 32.1. The Morgan fingerprint density at radius 1 is 1.13 bits per heavy atom. The van der Waals surface area contributed by atoms with Crippen molar-refractivity contribution in [2.45, 2.75) is 13.5 Å². The highest BCUT2D eigenvalue weighted by molar-refractivity contribution is 7.07. The van der Waals surface area contributed by atoms with Gasteiger partial charge in [0.2, 0.25) is 0 Å². The van der Waals surface area contributed by atoms with Crippen molar-refractivity contribution in [3.63, 3.8) is 0 Å². The molecule has 2 aromatic rings. The molecule has 6 heteroatoms. The fraction of sp³-hybridized carbons (Fsp3) is 0.353. The number of rotatable bonds is 8. The molecule has 0 unspecified atom stereocenters. The Kier molecular flexibility index (Phi) is 7.26. The standard InChI is InChI=1S/C17H23N3O2S/c1-3-18-17(20-12-14-8-11-23-13-14)19-9-10-22-16-6-4-15(21-2)5-7-16/h4-8,11,13H,3,9-10,12H2,1-2H3,(H2,18,19,20). The second-order valence-electron chi connectivity index (χ2n) is 4.78. The van der Waals surface area contributed by atoms with Crippen molar-refractivity contribution >= 4 is 17.3 Å². The third-order valence-corrected chi connectivity index (χ3v) is 3.80. The SMILES string of the molecule is CCNC(=NCc1ccsc1)NCCOc1ccc(OC)cc1. The summed E-state index contributed by atoms with van der Waals surface area (Å²) in [6.45, 7) is 4.80. The van der Waals surface area contributed by atoms with E-state index in [1.165, 1.54) is 5.56 Å². The number of aliphatic imine (C=N–C) groups is 1. The lowest BCUT2D eigenvalue weighted by molar-refractivity contribution is 0.321. The fourth-order valence-electron chi connectivity index (χ4n) is 1.90. The van der Waals surface area contributed by atoms with Crippen LogP contribution in [0.1, 0.15) is 12.5 Å². The zero-order chi connectivity index (χ0) is 16.3. The Morgan fingerprint density at radius 2 is 1.91 bits per heavy atom. The largest absolute Gasteiger partial charge is 0.497 e. The minimum absolute atomic E-state index is 0.565. The van der Waals surface area contributed by atoms with Crippen molar-refractivity contribution in [2.75, 3.05) is 26.8 Å². The van der Waals surface area contributed by atoms with Crippen LogP contribution < -0.4 is 20.1 Å². The van der Waals surface area contributed by atoms with Crippen LogP contribution in [-0.4, -0.2) is 32.8 Å². The topological polar surface area (TPSA) is 54.9 Å². The predicted molar refractivity (Wildman–Crippen MR) is 95.6 cm³/mol. The van der Waals surface area contributed by atoms with Crippen LogP contribution in [-0.2, 0) is 6.54 Å². The van der Waals surface area contributed by atoms with Crippen molar-refractivity contribution in [3.05, 3.63) is 46.7 Å². The van der Waals surface area contributed by atoms with Gasteiger partial charge in [-0.25, -0.2) is 4.99 Å². The third kappa shape index (κ3) is 6.20. The predicted octanol–water partition coefficient (Wildman–Crippen LogP) is 2.89. The van der Waals surface area contributed by atoms with E-state index in [2.05, 4.69) is 39.4 Å². The summed E-state index contributed by atoms with van der Waals surface area (Å²) in [7, 11) is 1.65. The second-order valence-corrected chi connectivity index (χ2v) is 5.56. The van der Waals surface area contributed by atoms with Crippen LogP contribution in [0.4, 0.5) is 0 Å². The molecule has 0 amide bonds. The molecule has 0 fully saturated rings. The first-order valence-electron chi connectivity index (χ1n) is 7.62. The molecule has 0 radical (unpaired) electrons. The summed E-state index contributed by atoms with van der Waals surface area (Å²) < 4.78 is 10.8. The van der Waals surface area contributed by atoms with Gasteiger partial charge in [-0.1, -0.05) is 0 Å². The van der Waals surface area contributed by atoms with Gasteiger partial charge in [0.05, 0.1) is 20.2 Å². The van der Waals surface area contributed by atoms with Crippen LogP contribution in [0, 0.1) is 0 Å². The summed E-state index contributed by atoms with van der Waals surface area (Å²) in [5.74, 6) is 2.45. The lowest BCUT2D eigenvalue weighted by atomic mass is 10.3. The summed E-state index contributed by atoms with van der Waals surface area (Å²) in [5, 5.41) is 10.7. The van der Waals surface area contributed by atoms with Crippen LogP contribution in [0.5, 0.6) is 11.5 Å². The van der Waals surface area contributed by atoms with E-state index in [0.717, 1.165) is 24.0 Å². The first kappa shape index (κ1) is 17.1. The molecule has 0 atom stereocenters. The van der Waals surface area contributed by atoms with Crippen LogP contribution in [0.15, 0.2) is 46.1 Å². The van der Waals surface area contributed by atoms with Gasteiger partial charge in [-0.05, 0) is 53.6 Å². The van der Waals surface area contributed by atoms with Gasteiger partial charge in [0.15, 0.2) is 5.96 Å². The maximum Gasteiger partial charge on any atom is 0.191 e. The summed E-state index contributed by atoms with van der Waals surface area (Å²) in [6, 6.07) is 9.65. The van der Waals surface area contributed by atoms with Gasteiger partial charge in [0.25, 0.3) is 0 Å². The maximum absolute atomic E-state index is 5.69. The molecule has 0 saturated carbocycles. The van der Waals surface area contributed by atoms with Crippen LogP contribution >= 0.6 is 11.3 Å². The van der Waals surface area contributed by atoms with E-state index in [4.69, 9.17) is 9.47 Å². The molecule has 124 valence electrons. The Balaban J connectivity index is 1.73. The summed E-state index contributed by atoms with van der Waals surface area (Å²) >= 11 is 1.69. The monoisotopic (exact) mass is 333 g/mol. The molecular formula is C17H23N3O2S. The molecule has 1 heterocycles. The number of nitrogens with zero attached hydrogens (tertiary/aromatic N) is 1. The molecule has 1 aromatic heterocycles. The van der Waals surface area contributed by atoms with Crippen LogP contribution in [0.2, 0.25) is 0 Å². The van der Waals surface area contributed by atoms with Crippen molar-refractivity contribution in [1.29, 1.82) is 0 Å². The van der Waals surface area contributed by atoms with Crippen molar-refractivity contribution in [2.24, 2.45) is 4.99 Å². The molecular weight excluding hydrogens is 310 g/mol. The molecule has 0 spiro atoms. The van der Waals surface area contributed by atoms with E-state index < -0.39 is 0 Å². The van der Waals surface area contributed by atoms with Crippen LogP contribution in [0.25, 0.3) is 0 Å². The van der Waals surface area contributed by atoms with E-state index in [-0.39, 0.29) is 0 Å². The quantitative estimate of drug-likeness (QED) is 0.443. The van der Waals surface area contributed by atoms with Crippen LogP contribution in [0.3, 0.4) is 0 Å². The number of methoxy groups -OCH3 is 1. The molecule has 5 nitrogen and oxygen atoms in total. The highest BCUT2D eigenvalue weighted by Crippen LogP contribution is 2.16. The summed E-state index contributed by atoms with van der Waals surface area (Å²) in [6.07, 6.45) is 0. The Bertz CT molecular complexity index is 582. The van der Waals surface area contributed by atoms with E-state index in [9.17, 15) is 0 Å². The van der Waals surface area contributed by atoms with Gasteiger partial charge in [0, 0.05) is 6.54 Å². The Hall–Kier alpha value is -2.21. The van der Waals surface area contributed by atoms with E-state index in [1.807, 2.05) is 24.3 Å². The third-order valence-electron chi connectivity index (χ3n) is 3.07. The second kappa shape index (κ2) is 9.74. The average Bonchev–Trinajstić information content (AvgIpc) is 3.10. The molecule has 0 aliphatic heterocycles. The number of thiophene rings is 1. The van der Waals surface area contributed by atoms with E-state index in [0.29, 0.717) is 19.7 Å². The number of guanidine groups is 1. The van der Waals surface area contributed by atoms with E-state index >= 15 is 0 Å².